The van der Waals surface area contributed by atoms with E-state index in [1.54, 1.807) is 0 Å². The minimum absolute atomic E-state index is 0.678. The molecule has 0 fully saturated rings. The number of para-hydroxylation sites is 3. The Morgan fingerprint density at radius 2 is 0.604 bits per heavy atom. The van der Waals surface area contributed by atoms with E-state index in [2.05, 4.69) is 185 Å². The van der Waals surface area contributed by atoms with Gasteiger partial charge in [0.1, 0.15) is 0 Å². The first kappa shape index (κ1) is 40.4. The number of nitrogens with zero attached hydrogens (tertiary/aromatic N) is 3. The molecule has 0 bridgehead atoms. The molecule has 0 spiro atoms. The molecule has 48 heavy (non-hydrogen) atoms. The fourth-order valence-corrected chi connectivity index (χ4v) is 30.7. The van der Waals surface area contributed by atoms with E-state index in [0.29, 0.717) is 6.17 Å². The summed E-state index contributed by atoms with van der Waals surface area (Å²) in [6, 6.07) is 32.0. The fourth-order valence-electron chi connectivity index (χ4n) is 6.58. The van der Waals surface area contributed by atoms with E-state index in [4.69, 9.17) is 16.5 Å². The molecular weight excluding hydrogens is 679 g/mol. The van der Waals surface area contributed by atoms with Gasteiger partial charge >= 0.3 is 25.7 Å². The normalized spacial score (nSPS) is 16.0. The number of benzene rings is 3. The van der Waals surface area contributed by atoms with Gasteiger partial charge in [-0.3, -0.25) is 0 Å². The standard InChI is InChI=1S/C36H63N3O4Si5/c1-13-37(34-25-19-16-20-26-34)31-46(10,40-44(4,5)6)42-48(12,33-39(15-3)36-29-23-18-24-30-36)43-47(11,41-45(7,8)9)32-38(14-2)35-27-21-17-22-28-35/h16-30H,13-15,31-33H2,1-12H3. The van der Waals surface area contributed by atoms with E-state index in [-0.39, 0.29) is 0 Å². The maximum Gasteiger partial charge on any atom is 0.337 e. The van der Waals surface area contributed by atoms with Crippen LogP contribution in [-0.2, 0) is 16.5 Å². The van der Waals surface area contributed by atoms with Crippen molar-refractivity contribution >= 4 is 59.4 Å². The molecule has 0 aromatic heterocycles. The first-order valence-electron chi connectivity index (χ1n) is 17.6. The molecular formula is C36H63N3O4Si5. The maximum atomic E-state index is 7.68. The first-order valence-corrected chi connectivity index (χ1v) is 32.0. The van der Waals surface area contributed by atoms with Crippen molar-refractivity contribution in [2.75, 3.05) is 52.8 Å². The van der Waals surface area contributed by atoms with E-state index in [0.717, 1.165) is 32.0 Å². The molecule has 0 radical (unpaired) electrons. The third-order valence-electron chi connectivity index (χ3n) is 7.85. The van der Waals surface area contributed by atoms with Crippen LogP contribution in [-0.4, -0.2) is 80.5 Å². The second-order valence-electron chi connectivity index (χ2n) is 15.1. The van der Waals surface area contributed by atoms with Crippen LogP contribution >= 0.6 is 0 Å². The van der Waals surface area contributed by atoms with Crippen LogP contribution in [0.2, 0.25) is 58.9 Å². The Balaban J connectivity index is 2.13. The molecule has 0 saturated carbocycles. The molecule has 3 rings (SSSR count). The summed E-state index contributed by atoms with van der Waals surface area (Å²) >= 11 is 0. The van der Waals surface area contributed by atoms with Crippen LogP contribution in [0.3, 0.4) is 0 Å². The predicted octanol–water partition coefficient (Wildman–Crippen LogP) is 9.14. The Labute approximate surface area is 298 Å². The second-order valence-corrected chi connectivity index (χ2v) is 34.6. The van der Waals surface area contributed by atoms with Crippen molar-refractivity contribution in [3.63, 3.8) is 0 Å². The van der Waals surface area contributed by atoms with Gasteiger partial charge < -0.3 is 31.2 Å². The largest absolute Gasteiger partial charge is 0.436 e. The van der Waals surface area contributed by atoms with Gasteiger partial charge in [-0.2, -0.15) is 0 Å². The van der Waals surface area contributed by atoms with E-state index in [1.807, 2.05) is 0 Å². The summed E-state index contributed by atoms with van der Waals surface area (Å²) < 4.78 is 29.8. The van der Waals surface area contributed by atoms with Crippen molar-refractivity contribution in [2.45, 2.75) is 79.7 Å². The monoisotopic (exact) mass is 741 g/mol. The summed E-state index contributed by atoms with van der Waals surface area (Å²) in [5.74, 6) is 0. The van der Waals surface area contributed by atoms with Gasteiger partial charge in [0.15, 0.2) is 16.6 Å². The molecule has 0 aliphatic rings. The number of hydrogen-bond acceptors (Lipinski definition) is 7. The lowest BCUT2D eigenvalue weighted by Crippen LogP contribution is -2.68. The van der Waals surface area contributed by atoms with Crippen LogP contribution < -0.4 is 14.7 Å². The van der Waals surface area contributed by atoms with Gasteiger partial charge in [-0.1, -0.05) is 54.6 Å². The van der Waals surface area contributed by atoms with Crippen LogP contribution in [0, 0.1) is 0 Å². The van der Waals surface area contributed by atoms with Crippen molar-refractivity contribution < 1.29 is 16.5 Å². The maximum absolute atomic E-state index is 7.68. The Morgan fingerprint density at radius 1 is 0.375 bits per heavy atom. The Bertz CT molecular complexity index is 1290. The smallest absolute Gasteiger partial charge is 0.337 e. The third kappa shape index (κ3) is 13.0. The zero-order valence-corrected chi connectivity index (χ0v) is 36.9. The van der Waals surface area contributed by atoms with Crippen LogP contribution in [0.15, 0.2) is 91.0 Å². The Morgan fingerprint density at radius 3 is 0.812 bits per heavy atom. The zero-order chi connectivity index (χ0) is 35.6. The van der Waals surface area contributed by atoms with Gasteiger partial charge in [0, 0.05) is 36.7 Å². The molecule has 0 aliphatic heterocycles. The summed E-state index contributed by atoms with van der Waals surface area (Å²) in [5.41, 5.74) is 3.55. The van der Waals surface area contributed by atoms with E-state index >= 15 is 0 Å². The molecule has 0 saturated heterocycles. The van der Waals surface area contributed by atoms with Crippen molar-refractivity contribution in [2.24, 2.45) is 0 Å². The van der Waals surface area contributed by atoms with Crippen LogP contribution in [0.1, 0.15) is 20.8 Å². The first-order chi connectivity index (χ1) is 22.4. The Kier molecular flexibility index (Phi) is 14.5. The van der Waals surface area contributed by atoms with Crippen molar-refractivity contribution in [3.05, 3.63) is 91.0 Å². The van der Waals surface area contributed by atoms with Crippen molar-refractivity contribution in [1.82, 2.24) is 0 Å². The highest BCUT2D eigenvalue weighted by Gasteiger charge is 2.52. The molecule has 2 unspecified atom stereocenters. The molecule has 0 N–H and O–H groups in total. The van der Waals surface area contributed by atoms with Gasteiger partial charge in [-0.25, -0.2) is 0 Å². The molecule has 3 aromatic carbocycles. The lowest BCUT2D eigenvalue weighted by Gasteiger charge is -2.48. The minimum Gasteiger partial charge on any atom is -0.436 e. The van der Waals surface area contributed by atoms with Crippen molar-refractivity contribution in [1.29, 1.82) is 0 Å². The summed E-state index contributed by atoms with van der Waals surface area (Å²) in [6.45, 7) is 29.7. The average molecular weight is 742 g/mol. The lowest BCUT2D eigenvalue weighted by atomic mass is 10.3. The van der Waals surface area contributed by atoms with Gasteiger partial charge in [0.05, 0.1) is 18.5 Å². The van der Waals surface area contributed by atoms with Crippen LogP contribution in [0.5, 0.6) is 0 Å². The zero-order valence-electron chi connectivity index (χ0n) is 31.9. The molecule has 266 valence electrons. The van der Waals surface area contributed by atoms with E-state index in [1.165, 1.54) is 17.1 Å². The highest BCUT2D eigenvalue weighted by atomic mass is 28.5. The fraction of sp³-hybridized carbons (Fsp3) is 0.500. The van der Waals surface area contributed by atoms with Gasteiger partial charge in [0.2, 0.25) is 0 Å². The highest BCUT2D eigenvalue weighted by molar-refractivity contribution is 6.91. The summed E-state index contributed by atoms with van der Waals surface area (Å²) in [4.78, 5) is 7.25. The average Bonchev–Trinajstić information content (AvgIpc) is 3.00. The number of anilines is 3. The molecule has 0 amide bonds. The van der Waals surface area contributed by atoms with Gasteiger partial charge in [-0.15, -0.1) is 0 Å². The Hall–Kier alpha value is -2.02. The molecule has 7 nitrogen and oxygen atoms in total. The van der Waals surface area contributed by atoms with Crippen LogP contribution in [0.25, 0.3) is 0 Å². The van der Waals surface area contributed by atoms with Gasteiger partial charge in [0.25, 0.3) is 0 Å². The highest BCUT2D eigenvalue weighted by Crippen LogP contribution is 2.31. The molecule has 3 aromatic rings. The summed E-state index contributed by atoms with van der Waals surface area (Å²) in [5, 5.41) is 0. The topological polar surface area (TPSA) is 46.6 Å². The third-order valence-corrected chi connectivity index (χ3v) is 26.0. The lowest BCUT2D eigenvalue weighted by molar-refractivity contribution is 0.285. The van der Waals surface area contributed by atoms with E-state index < -0.39 is 42.3 Å². The summed E-state index contributed by atoms with van der Waals surface area (Å²) in [7, 11) is -12.8. The van der Waals surface area contributed by atoms with Gasteiger partial charge in [-0.05, 0) is 116 Å². The van der Waals surface area contributed by atoms with Crippen LogP contribution in [0.4, 0.5) is 17.1 Å². The SMILES string of the molecule is CCN(C[Si](C)(O[Si](C)(C)C)O[Si](C)(CN(CC)c1ccccc1)O[Si](C)(CN(CC)c1ccccc1)O[Si](C)(C)C)c1ccccc1. The summed E-state index contributed by atoms with van der Waals surface area (Å²) in [6.07, 6.45) is 2.12. The predicted molar refractivity (Wildman–Crippen MR) is 219 cm³/mol. The quantitative estimate of drug-likeness (QED) is 0.107. The second kappa shape index (κ2) is 17.3. The van der Waals surface area contributed by atoms with Crippen molar-refractivity contribution in [3.8, 4) is 0 Å². The molecule has 2 atom stereocenters. The minimum atomic E-state index is -3.06. The molecule has 12 heteroatoms. The number of hydrogen-bond donors (Lipinski definition) is 0. The molecule has 0 heterocycles. The molecule has 0 aliphatic carbocycles. The number of rotatable bonds is 20. The van der Waals surface area contributed by atoms with E-state index in [9.17, 15) is 0 Å².